The van der Waals surface area contributed by atoms with Crippen molar-refractivity contribution in [3.05, 3.63) is 24.2 Å². The van der Waals surface area contributed by atoms with Gasteiger partial charge in [-0.25, -0.2) is 4.79 Å². The van der Waals surface area contributed by atoms with Gasteiger partial charge >= 0.3 is 6.03 Å². The van der Waals surface area contributed by atoms with Crippen molar-refractivity contribution in [3.63, 3.8) is 0 Å². The molecule has 0 radical (unpaired) electrons. The van der Waals surface area contributed by atoms with Gasteiger partial charge in [0.1, 0.15) is 5.76 Å². The number of carbonyl (C=O) groups excluding carboxylic acids is 1. The second-order valence-electron chi connectivity index (χ2n) is 5.40. The van der Waals surface area contributed by atoms with Gasteiger partial charge in [-0.15, -0.1) is 0 Å². The predicted octanol–water partition coefficient (Wildman–Crippen LogP) is 1.88. The molecule has 2 fully saturated rings. The van der Waals surface area contributed by atoms with Gasteiger partial charge < -0.3 is 15.1 Å². The summed E-state index contributed by atoms with van der Waals surface area (Å²) < 4.78 is 5.52. The quantitative estimate of drug-likeness (QED) is 0.852. The summed E-state index contributed by atoms with van der Waals surface area (Å²) >= 11 is 0. The summed E-state index contributed by atoms with van der Waals surface area (Å²) in [5.41, 5.74) is 0. The third-order valence-corrected chi connectivity index (χ3v) is 3.82. The van der Waals surface area contributed by atoms with Crippen LogP contribution in [0.15, 0.2) is 22.8 Å². The smallest absolute Gasteiger partial charge is 0.315 e. The van der Waals surface area contributed by atoms with Crippen LogP contribution in [0.5, 0.6) is 0 Å². The molecule has 0 aromatic carbocycles. The number of carbonyl (C=O) groups is 1. The highest BCUT2D eigenvalue weighted by atomic mass is 16.3. The van der Waals surface area contributed by atoms with Crippen molar-refractivity contribution in [1.29, 1.82) is 0 Å². The standard InChI is InChI=1S/C14H21N3O2/c18-14(16-11-5-6-11)15-10-12(13-4-3-9-19-13)17-7-1-2-8-17/h3-4,9,11-12H,1-2,5-8,10H2,(H2,15,16,18). The second-order valence-corrected chi connectivity index (χ2v) is 5.40. The third kappa shape index (κ3) is 3.29. The molecule has 1 aliphatic heterocycles. The summed E-state index contributed by atoms with van der Waals surface area (Å²) in [4.78, 5) is 14.1. The number of nitrogens with one attached hydrogen (secondary N) is 2. The highest BCUT2D eigenvalue weighted by molar-refractivity contribution is 5.74. The largest absolute Gasteiger partial charge is 0.468 e. The molecule has 1 saturated heterocycles. The van der Waals surface area contributed by atoms with Crippen LogP contribution in [0.25, 0.3) is 0 Å². The molecule has 2 heterocycles. The molecule has 1 atom stereocenters. The zero-order chi connectivity index (χ0) is 13.1. The van der Waals surface area contributed by atoms with Crippen LogP contribution in [0.3, 0.4) is 0 Å². The van der Waals surface area contributed by atoms with E-state index >= 15 is 0 Å². The van der Waals surface area contributed by atoms with Crippen LogP contribution in [-0.2, 0) is 0 Å². The van der Waals surface area contributed by atoms with Crippen LogP contribution in [0.1, 0.15) is 37.5 Å². The number of hydrogen-bond acceptors (Lipinski definition) is 3. The fraction of sp³-hybridized carbons (Fsp3) is 0.643. The van der Waals surface area contributed by atoms with Gasteiger partial charge in [0.2, 0.25) is 0 Å². The second kappa shape index (κ2) is 5.65. The number of hydrogen-bond donors (Lipinski definition) is 2. The zero-order valence-electron chi connectivity index (χ0n) is 11.1. The maximum atomic E-state index is 11.7. The van der Waals surface area contributed by atoms with E-state index in [4.69, 9.17) is 4.42 Å². The molecule has 3 rings (SSSR count). The number of nitrogens with zero attached hydrogens (tertiary/aromatic N) is 1. The maximum absolute atomic E-state index is 11.7. The molecule has 104 valence electrons. The number of likely N-dealkylation sites (tertiary alicyclic amines) is 1. The lowest BCUT2D eigenvalue weighted by atomic mass is 10.2. The first-order valence-electron chi connectivity index (χ1n) is 7.15. The van der Waals surface area contributed by atoms with Crippen LogP contribution in [-0.4, -0.2) is 36.6 Å². The molecule has 1 unspecified atom stereocenters. The summed E-state index contributed by atoms with van der Waals surface area (Å²) in [5, 5.41) is 5.91. The van der Waals surface area contributed by atoms with Crippen molar-refractivity contribution in [2.45, 2.75) is 37.8 Å². The number of amides is 2. The van der Waals surface area contributed by atoms with Gasteiger partial charge in [0, 0.05) is 12.6 Å². The van der Waals surface area contributed by atoms with E-state index in [2.05, 4.69) is 15.5 Å². The van der Waals surface area contributed by atoms with Crippen LogP contribution in [0.4, 0.5) is 4.79 Å². The van der Waals surface area contributed by atoms with Crippen LogP contribution in [0, 0.1) is 0 Å². The predicted molar refractivity (Wildman–Crippen MR) is 71.8 cm³/mol. The Labute approximate surface area is 113 Å². The van der Waals surface area contributed by atoms with E-state index < -0.39 is 0 Å². The van der Waals surface area contributed by atoms with Crippen LogP contribution in [0.2, 0.25) is 0 Å². The Kier molecular flexibility index (Phi) is 3.73. The summed E-state index contributed by atoms with van der Waals surface area (Å²) in [7, 11) is 0. The average molecular weight is 263 g/mol. The summed E-state index contributed by atoms with van der Waals surface area (Å²) in [6.45, 7) is 2.76. The van der Waals surface area contributed by atoms with Gasteiger partial charge in [0.25, 0.3) is 0 Å². The van der Waals surface area contributed by atoms with Crippen molar-refractivity contribution in [2.75, 3.05) is 19.6 Å². The molecular formula is C14H21N3O2. The van der Waals surface area contributed by atoms with E-state index in [1.54, 1.807) is 6.26 Å². The fourth-order valence-corrected chi connectivity index (χ4v) is 2.60. The van der Waals surface area contributed by atoms with Crippen molar-refractivity contribution in [3.8, 4) is 0 Å². The van der Waals surface area contributed by atoms with E-state index in [-0.39, 0.29) is 12.1 Å². The normalized spacial score (nSPS) is 21.3. The Morgan fingerprint density at radius 2 is 2.21 bits per heavy atom. The molecule has 1 aliphatic carbocycles. The minimum Gasteiger partial charge on any atom is -0.468 e. The number of furan rings is 1. The highest BCUT2D eigenvalue weighted by Gasteiger charge is 2.27. The molecular weight excluding hydrogens is 242 g/mol. The molecule has 2 N–H and O–H groups in total. The maximum Gasteiger partial charge on any atom is 0.315 e. The fourth-order valence-electron chi connectivity index (χ4n) is 2.60. The Morgan fingerprint density at radius 3 is 2.84 bits per heavy atom. The summed E-state index contributed by atoms with van der Waals surface area (Å²) in [6.07, 6.45) is 6.38. The average Bonchev–Trinajstić information content (AvgIpc) is 2.89. The lowest BCUT2D eigenvalue weighted by molar-refractivity contribution is 0.203. The zero-order valence-corrected chi connectivity index (χ0v) is 11.1. The topological polar surface area (TPSA) is 57.5 Å². The first-order chi connectivity index (χ1) is 9.33. The molecule has 0 spiro atoms. The molecule has 1 aromatic heterocycles. The minimum atomic E-state index is -0.0572. The van der Waals surface area contributed by atoms with Gasteiger partial charge in [0.15, 0.2) is 0 Å². The summed E-state index contributed by atoms with van der Waals surface area (Å²) in [6, 6.07) is 4.39. The molecule has 0 bridgehead atoms. The number of urea groups is 1. The molecule has 1 aromatic rings. The summed E-state index contributed by atoms with van der Waals surface area (Å²) in [5.74, 6) is 0.939. The molecule has 5 nitrogen and oxygen atoms in total. The molecule has 5 heteroatoms. The first-order valence-corrected chi connectivity index (χ1v) is 7.15. The Bertz CT molecular complexity index is 408. The Morgan fingerprint density at radius 1 is 1.42 bits per heavy atom. The van der Waals surface area contributed by atoms with Crippen molar-refractivity contribution in [1.82, 2.24) is 15.5 Å². The van der Waals surface area contributed by atoms with E-state index in [9.17, 15) is 4.79 Å². The van der Waals surface area contributed by atoms with Gasteiger partial charge in [-0.1, -0.05) is 0 Å². The minimum absolute atomic E-state index is 0.0572. The van der Waals surface area contributed by atoms with Crippen LogP contribution >= 0.6 is 0 Å². The van der Waals surface area contributed by atoms with Crippen molar-refractivity contribution in [2.24, 2.45) is 0 Å². The van der Waals surface area contributed by atoms with E-state index in [0.717, 1.165) is 31.7 Å². The van der Waals surface area contributed by atoms with E-state index in [1.807, 2.05) is 12.1 Å². The molecule has 2 aliphatic rings. The van der Waals surface area contributed by atoms with Gasteiger partial charge in [-0.3, -0.25) is 4.90 Å². The monoisotopic (exact) mass is 263 g/mol. The lowest BCUT2D eigenvalue weighted by Gasteiger charge is -2.26. The first kappa shape index (κ1) is 12.5. The lowest BCUT2D eigenvalue weighted by Crippen LogP contribution is -2.42. The van der Waals surface area contributed by atoms with Crippen molar-refractivity contribution < 1.29 is 9.21 Å². The highest BCUT2D eigenvalue weighted by Crippen LogP contribution is 2.25. The van der Waals surface area contributed by atoms with Gasteiger partial charge in [-0.2, -0.15) is 0 Å². The Hall–Kier alpha value is -1.49. The molecule has 19 heavy (non-hydrogen) atoms. The third-order valence-electron chi connectivity index (χ3n) is 3.82. The van der Waals surface area contributed by atoms with Crippen LogP contribution < -0.4 is 10.6 Å². The molecule has 1 saturated carbocycles. The van der Waals surface area contributed by atoms with Crippen molar-refractivity contribution >= 4 is 6.03 Å². The van der Waals surface area contributed by atoms with E-state index in [0.29, 0.717) is 12.6 Å². The SMILES string of the molecule is O=C(NCC(c1ccco1)N1CCCC1)NC1CC1. The number of rotatable bonds is 5. The van der Waals surface area contributed by atoms with Gasteiger partial charge in [0.05, 0.1) is 12.3 Å². The Balaban J connectivity index is 1.57. The molecule has 2 amide bonds. The van der Waals surface area contributed by atoms with Gasteiger partial charge in [-0.05, 0) is 50.9 Å². The van der Waals surface area contributed by atoms with E-state index in [1.165, 1.54) is 12.8 Å².